The summed E-state index contributed by atoms with van der Waals surface area (Å²) in [6, 6.07) is 2.31. The summed E-state index contributed by atoms with van der Waals surface area (Å²) in [7, 11) is 0. The fourth-order valence-corrected chi connectivity index (χ4v) is 2.89. The highest BCUT2D eigenvalue weighted by Crippen LogP contribution is 2.16. The first-order valence-electron chi connectivity index (χ1n) is 7.79. The van der Waals surface area contributed by atoms with Crippen LogP contribution in [0.1, 0.15) is 49.8 Å². The zero-order valence-electron chi connectivity index (χ0n) is 12.9. The molecule has 1 aromatic rings. The van der Waals surface area contributed by atoms with E-state index < -0.39 is 0 Å². The number of aromatic nitrogens is 2. The van der Waals surface area contributed by atoms with Crippen LogP contribution in [0.4, 0.5) is 0 Å². The van der Waals surface area contributed by atoms with Crippen LogP contribution >= 0.6 is 0 Å². The van der Waals surface area contributed by atoms with Crippen molar-refractivity contribution in [2.75, 3.05) is 19.6 Å². The normalized spacial score (nSPS) is 16.4. The number of carbonyl (C=O) groups is 1. The monoisotopic (exact) mass is 278 g/mol. The molecule has 20 heavy (non-hydrogen) atoms. The molecule has 0 radical (unpaired) electrons. The zero-order valence-corrected chi connectivity index (χ0v) is 12.9. The SMILES string of the molecule is CCc1cc(C(=O)N(CC)C2CCNCC2)n(CC)n1. The molecule has 112 valence electrons. The summed E-state index contributed by atoms with van der Waals surface area (Å²) in [5.41, 5.74) is 1.74. The first-order chi connectivity index (χ1) is 9.71. The molecule has 5 heteroatoms. The van der Waals surface area contributed by atoms with Gasteiger partial charge in [0.25, 0.3) is 5.91 Å². The van der Waals surface area contributed by atoms with Crippen LogP contribution in [0, 0.1) is 0 Å². The van der Waals surface area contributed by atoms with Crippen molar-refractivity contribution in [3.8, 4) is 0 Å². The van der Waals surface area contributed by atoms with Crippen molar-refractivity contribution in [2.45, 2.75) is 52.6 Å². The van der Waals surface area contributed by atoms with Crippen LogP contribution in [0.2, 0.25) is 0 Å². The molecule has 0 atom stereocenters. The van der Waals surface area contributed by atoms with Crippen LogP contribution in [-0.4, -0.2) is 46.3 Å². The molecule has 1 fully saturated rings. The molecule has 1 aromatic heterocycles. The van der Waals surface area contributed by atoms with Gasteiger partial charge in [0.2, 0.25) is 0 Å². The molecule has 0 saturated carbocycles. The van der Waals surface area contributed by atoms with Gasteiger partial charge in [-0.05, 0) is 52.3 Å². The second kappa shape index (κ2) is 6.88. The molecular formula is C15H26N4O. The van der Waals surface area contributed by atoms with Crippen molar-refractivity contribution in [3.63, 3.8) is 0 Å². The molecule has 1 N–H and O–H groups in total. The highest BCUT2D eigenvalue weighted by molar-refractivity contribution is 5.93. The van der Waals surface area contributed by atoms with E-state index in [0.717, 1.165) is 56.8 Å². The van der Waals surface area contributed by atoms with Crippen LogP contribution in [0.25, 0.3) is 0 Å². The third-order valence-corrected chi connectivity index (χ3v) is 4.06. The third kappa shape index (κ3) is 3.03. The Hall–Kier alpha value is -1.36. The van der Waals surface area contributed by atoms with Crippen molar-refractivity contribution in [1.82, 2.24) is 20.0 Å². The van der Waals surface area contributed by atoms with Gasteiger partial charge in [-0.15, -0.1) is 0 Å². The van der Waals surface area contributed by atoms with E-state index in [4.69, 9.17) is 0 Å². The number of nitrogens with zero attached hydrogens (tertiary/aromatic N) is 3. The standard InChI is InChI=1S/C15H26N4O/c1-4-12-11-14(19(6-3)17-12)15(20)18(5-2)13-7-9-16-10-8-13/h11,13,16H,4-10H2,1-3H3. The minimum absolute atomic E-state index is 0.133. The van der Waals surface area contributed by atoms with E-state index in [1.165, 1.54) is 0 Å². The molecule has 1 amide bonds. The van der Waals surface area contributed by atoms with Gasteiger partial charge in [-0.2, -0.15) is 5.10 Å². The Morgan fingerprint density at radius 1 is 1.40 bits per heavy atom. The van der Waals surface area contributed by atoms with Gasteiger partial charge in [-0.25, -0.2) is 0 Å². The molecule has 2 heterocycles. The number of nitrogens with one attached hydrogen (secondary N) is 1. The van der Waals surface area contributed by atoms with Crippen LogP contribution in [0.15, 0.2) is 6.07 Å². The molecule has 0 unspecified atom stereocenters. The van der Waals surface area contributed by atoms with Gasteiger partial charge in [-0.3, -0.25) is 9.48 Å². The summed E-state index contributed by atoms with van der Waals surface area (Å²) in [6.45, 7) is 9.67. The number of amides is 1. The summed E-state index contributed by atoms with van der Waals surface area (Å²) in [6.07, 6.45) is 2.95. The van der Waals surface area contributed by atoms with E-state index in [2.05, 4.69) is 24.3 Å². The number of rotatable bonds is 5. The molecule has 0 bridgehead atoms. The Morgan fingerprint density at radius 3 is 2.65 bits per heavy atom. The lowest BCUT2D eigenvalue weighted by atomic mass is 10.0. The van der Waals surface area contributed by atoms with Gasteiger partial charge in [0.05, 0.1) is 5.69 Å². The molecular weight excluding hydrogens is 252 g/mol. The molecule has 1 saturated heterocycles. The average molecular weight is 278 g/mol. The van der Waals surface area contributed by atoms with Gasteiger partial charge >= 0.3 is 0 Å². The summed E-state index contributed by atoms with van der Waals surface area (Å²) in [5.74, 6) is 0.133. The van der Waals surface area contributed by atoms with Crippen LogP contribution < -0.4 is 5.32 Å². The van der Waals surface area contributed by atoms with E-state index in [1.807, 2.05) is 22.6 Å². The van der Waals surface area contributed by atoms with E-state index >= 15 is 0 Å². The average Bonchev–Trinajstić information content (AvgIpc) is 2.92. The molecule has 0 aromatic carbocycles. The van der Waals surface area contributed by atoms with Gasteiger partial charge in [-0.1, -0.05) is 6.92 Å². The minimum atomic E-state index is 0.133. The second-order valence-corrected chi connectivity index (χ2v) is 5.26. The third-order valence-electron chi connectivity index (χ3n) is 4.06. The molecule has 0 aliphatic carbocycles. The molecule has 5 nitrogen and oxygen atoms in total. The Bertz CT molecular complexity index is 449. The summed E-state index contributed by atoms with van der Waals surface area (Å²) < 4.78 is 1.84. The fourth-order valence-electron chi connectivity index (χ4n) is 2.89. The predicted molar refractivity (Wildman–Crippen MR) is 79.9 cm³/mol. The Balaban J connectivity index is 2.20. The predicted octanol–water partition coefficient (Wildman–Crippen LogP) is 1.68. The Labute approximate surface area is 121 Å². The quantitative estimate of drug-likeness (QED) is 0.891. The maximum Gasteiger partial charge on any atom is 0.272 e. The lowest BCUT2D eigenvalue weighted by Gasteiger charge is -2.33. The maximum absolute atomic E-state index is 12.8. The number of aryl methyl sites for hydroxylation is 2. The van der Waals surface area contributed by atoms with E-state index in [1.54, 1.807) is 0 Å². The Kier molecular flexibility index (Phi) is 5.17. The van der Waals surface area contributed by atoms with E-state index in [-0.39, 0.29) is 5.91 Å². The number of hydrogen-bond acceptors (Lipinski definition) is 3. The van der Waals surface area contributed by atoms with Gasteiger partial charge in [0.15, 0.2) is 0 Å². The van der Waals surface area contributed by atoms with E-state index in [0.29, 0.717) is 6.04 Å². The summed E-state index contributed by atoms with van der Waals surface area (Å²) in [5, 5.41) is 7.84. The topological polar surface area (TPSA) is 50.2 Å². The fraction of sp³-hybridized carbons (Fsp3) is 0.733. The first kappa shape index (κ1) is 15.0. The van der Waals surface area contributed by atoms with Crippen molar-refractivity contribution in [3.05, 3.63) is 17.5 Å². The van der Waals surface area contributed by atoms with Gasteiger partial charge in [0.1, 0.15) is 5.69 Å². The minimum Gasteiger partial charge on any atom is -0.335 e. The van der Waals surface area contributed by atoms with Crippen molar-refractivity contribution >= 4 is 5.91 Å². The largest absolute Gasteiger partial charge is 0.335 e. The molecule has 1 aliphatic heterocycles. The van der Waals surface area contributed by atoms with Crippen LogP contribution in [0.5, 0.6) is 0 Å². The van der Waals surface area contributed by atoms with Crippen LogP contribution in [0.3, 0.4) is 0 Å². The van der Waals surface area contributed by atoms with Crippen molar-refractivity contribution in [1.29, 1.82) is 0 Å². The number of carbonyl (C=O) groups excluding carboxylic acids is 1. The highest BCUT2D eigenvalue weighted by Gasteiger charge is 2.27. The second-order valence-electron chi connectivity index (χ2n) is 5.26. The highest BCUT2D eigenvalue weighted by atomic mass is 16.2. The maximum atomic E-state index is 12.8. The lowest BCUT2D eigenvalue weighted by Crippen LogP contribution is -2.46. The molecule has 1 aliphatic rings. The lowest BCUT2D eigenvalue weighted by molar-refractivity contribution is 0.0643. The first-order valence-corrected chi connectivity index (χ1v) is 7.79. The molecule has 0 spiro atoms. The molecule has 2 rings (SSSR count). The smallest absolute Gasteiger partial charge is 0.272 e. The van der Waals surface area contributed by atoms with Crippen molar-refractivity contribution < 1.29 is 4.79 Å². The van der Waals surface area contributed by atoms with Crippen LogP contribution in [-0.2, 0) is 13.0 Å². The van der Waals surface area contributed by atoms with Crippen molar-refractivity contribution in [2.24, 2.45) is 0 Å². The Morgan fingerprint density at radius 2 is 2.10 bits per heavy atom. The summed E-state index contributed by atoms with van der Waals surface area (Å²) in [4.78, 5) is 14.8. The summed E-state index contributed by atoms with van der Waals surface area (Å²) >= 11 is 0. The van der Waals surface area contributed by atoms with Gasteiger partial charge < -0.3 is 10.2 Å². The number of piperidine rings is 1. The number of hydrogen-bond donors (Lipinski definition) is 1. The zero-order chi connectivity index (χ0) is 14.5. The van der Waals surface area contributed by atoms with E-state index in [9.17, 15) is 4.79 Å². The van der Waals surface area contributed by atoms with Gasteiger partial charge in [0, 0.05) is 19.1 Å².